The molecule has 1 aromatic carbocycles. The third kappa shape index (κ3) is 6.30. The van der Waals surface area contributed by atoms with Crippen molar-refractivity contribution in [2.75, 3.05) is 32.5 Å². The second-order valence-corrected chi connectivity index (χ2v) is 9.54. The number of rotatable bonds is 7. The lowest BCUT2D eigenvalue weighted by Crippen LogP contribution is -2.44. The molecule has 0 aliphatic carbocycles. The first-order chi connectivity index (χ1) is 12.9. The fraction of sp³-hybridized carbons (Fsp3) is 0.650. The van der Waals surface area contributed by atoms with Gasteiger partial charge in [0.05, 0.1) is 6.26 Å². The van der Waals surface area contributed by atoms with E-state index in [4.69, 9.17) is 4.74 Å². The Kier molecular flexibility index (Phi) is 6.89. The molecule has 0 saturated carbocycles. The summed E-state index contributed by atoms with van der Waals surface area (Å²) in [5, 5.41) is 0. The Morgan fingerprint density at radius 1 is 1.15 bits per heavy atom. The van der Waals surface area contributed by atoms with Gasteiger partial charge in [0.1, 0.15) is 6.10 Å². The van der Waals surface area contributed by atoms with Crippen LogP contribution in [0.1, 0.15) is 36.8 Å². The van der Waals surface area contributed by atoms with E-state index >= 15 is 0 Å². The van der Waals surface area contributed by atoms with E-state index in [1.54, 1.807) is 0 Å². The molecule has 150 valence electrons. The van der Waals surface area contributed by atoms with E-state index in [-0.39, 0.29) is 12.0 Å². The molecule has 2 aliphatic heterocycles. The maximum absolute atomic E-state index is 12.4. The highest BCUT2D eigenvalue weighted by atomic mass is 32.2. The fourth-order valence-electron chi connectivity index (χ4n) is 3.89. The number of nitrogens with one attached hydrogen (secondary N) is 1. The van der Waals surface area contributed by atoms with Gasteiger partial charge in [-0.3, -0.25) is 4.79 Å². The summed E-state index contributed by atoms with van der Waals surface area (Å²) in [5.41, 5.74) is 2.44. The monoisotopic (exact) mass is 394 g/mol. The lowest BCUT2D eigenvalue weighted by atomic mass is 9.89. The molecular formula is C20H30N2O4S. The van der Waals surface area contributed by atoms with Gasteiger partial charge < -0.3 is 9.64 Å². The van der Waals surface area contributed by atoms with Crippen molar-refractivity contribution in [1.29, 1.82) is 0 Å². The predicted molar refractivity (Wildman–Crippen MR) is 105 cm³/mol. The van der Waals surface area contributed by atoms with Gasteiger partial charge in [-0.2, -0.15) is 0 Å². The van der Waals surface area contributed by atoms with Crippen LogP contribution in [0.3, 0.4) is 0 Å². The molecule has 1 N–H and O–H groups in total. The number of ether oxygens (including phenoxy) is 1. The number of hydrogen-bond donors (Lipinski definition) is 1. The number of nitrogens with zero attached hydrogens (tertiary/aromatic N) is 1. The fourth-order valence-corrected chi connectivity index (χ4v) is 4.36. The summed E-state index contributed by atoms with van der Waals surface area (Å²) in [6.07, 6.45) is 6.64. The minimum Gasteiger partial charge on any atom is -0.368 e. The van der Waals surface area contributed by atoms with E-state index in [2.05, 4.69) is 29.0 Å². The van der Waals surface area contributed by atoms with Gasteiger partial charge in [0.25, 0.3) is 5.91 Å². The van der Waals surface area contributed by atoms with Crippen molar-refractivity contribution < 1.29 is 17.9 Å². The van der Waals surface area contributed by atoms with Crippen LogP contribution in [-0.2, 0) is 32.4 Å². The number of sulfonamides is 1. The molecule has 2 aliphatic rings. The highest BCUT2D eigenvalue weighted by molar-refractivity contribution is 7.88. The maximum atomic E-state index is 12.4. The Morgan fingerprint density at radius 3 is 2.41 bits per heavy atom. The summed E-state index contributed by atoms with van der Waals surface area (Å²) >= 11 is 0. The molecule has 1 aromatic rings. The van der Waals surface area contributed by atoms with Crippen LogP contribution in [0.4, 0.5) is 0 Å². The molecule has 27 heavy (non-hydrogen) atoms. The van der Waals surface area contributed by atoms with Crippen molar-refractivity contribution in [3.05, 3.63) is 35.4 Å². The van der Waals surface area contributed by atoms with Crippen LogP contribution in [0.15, 0.2) is 24.3 Å². The Hall–Kier alpha value is -1.44. The van der Waals surface area contributed by atoms with Crippen molar-refractivity contribution in [2.24, 2.45) is 5.92 Å². The summed E-state index contributed by atoms with van der Waals surface area (Å²) in [5.74, 6) is 0.786. The van der Waals surface area contributed by atoms with Gasteiger partial charge in [0.2, 0.25) is 10.0 Å². The van der Waals surface area contributed by atoms with Gasteiger partial charge in [-0.25, -0.2) is 13.1 Å². The van der Waals surface area contributed by atoms with Crippen LogP contribution in [-0.4, -0.2) is 57.8 Å². The smallest absolute Gasteiger partial charge is 0.251 e. The number of piperidine rings is 1. The lowest BCUT2D eigenvalue weighted by Gasteiger charge is -2.33. The standard InChI is InChI=1S/C20H30N2O4S/c1-27(24,25)21-11-8-16-4-6-17(7-5-16)15-18-9-12-22(13-10-18)20(23)19-3-2-14-26-19/h4-7,18-19,21H,2-3,8-15H2,1H3. The van der Waals surface area contributed by atoms with Crippen LogP contribution in [0, 0.1) is 5.92 Å². The zero-order valence-corrected chi connectivity index (χ0v) is 16.8. The van der Waals surface area contributed by atoms with E-state index in [0.717, 1.165) is 50.8 Å². The molecule has 0 bridgehead atoms. The van der Waals surface area contributed by atoms with Crippen LogP contribution < -0.4 is 4.72 Å². The molecule has 0 aromatic heterocycles. The largest absolute Gasteiger partial charge is 0.368 e. The minimum absolute atomic E-state index is 0.179. The number of carbonyl (C=O) groups excluding carboxylic acids is 1. The molecule has 7 heteroatoms. The van der Waals surface area contributed by atoms with E-state index < -0.39 is 10.0 Å². The Labute approximate surface area is 162 Å². The summed E-state index contributed by atoms with van der Waals surface area (Å²) in [6.45, 7) is 2.81. The van der Waals surface area contributed by atoms with E-state index in [0.29, 0.717) is 25.5 Å². The van der Waals surface area contributed by atoms with Crippen molar-refractivity contribution in [3.8, 4) is 0 Å². The molecule has 2 heterocycles. The maximum Gasteiger partial charge on any atom is 0.251 e. The summed E-state index contributed by atoms with van der Waals surface area (Å²) in [4.78, 5) is 14.4. The predicted octanol–water partition coefficient (Wildman–Crippen LogP) is 1.74. The van der Waals surface area contributed by atoms with Gasteiger partial charge in [-0.05, 0) is 55.6 Å². The summed E-state index contributed by atoms with van der Waals surface area (Å²) in [7, 11) is -3.12. The molecule has 0 spiro atoms. The highest BCUT2D eigenvalue weighted by Crippen LogP contribution is 2.24. The third-order valence-electron chi connectivity index (χ3n) is 5.46. The topological polar surface area (TPSA) is 75.7 Å². The first-order valence-electron chi connectivity index (χ1n) is 9.83. The van der Waals surface area contributed by atoms with E-state index in [9.17, 15) is 13.2 Å². The Morgan fingerprint density at radius 2 is 1.81 bits per heavy atom. The average Bonchev–Trinajstić information content (AvgIpc) is 3.17. The molecule has 1 atom stereocenters. The van der Waals surface area contributed by atoms with Gasteiger partial charge >= 0.3 is 0 Å². The Balaban J connectivity index is 1.41. The van der Waals surface area contributed by atoms with E-state index in [1.165, 1.54) is 11.8 Å². The zero-order chi connectivity index (χ0) is 19.3. The van der Waals surface area contributed by atoms with Gasteiger partial charge in [-0.15, -0.1) is 0 Å². The van der Waals surface area contributed by atoms with Gasteiger partial charge in [0.15, 0.2) is 0 Å². The van der Waals surface area contributed by atoms with Gasteiger partial charge in [0, 0.05) is 26.2 Å². The Bertz CT molecular complexity index is 719. The second-order valence-electron chi connectivity index (χ2n) is 7.71. The van der Waals surface area contributed by atoms with E-state index in [1.807, 2.05) is 4.90 Å². The summed E-state index contributed by atoms with van der Waals surface area (Å²) < 4.78 is 30.2. The molecule has 1 amide bonds. The third-order valence-corrected chi connectivity index (χ3v) is 6.19. The molecule has 3 rings (SSSR count). The number of carbonyl (C=O) groups is 1. The van der Waals surface area contributed by atoms with Crippen LogP contribution >= 0.6 is 0 Å². The lowest BCUT2D eigenvalue weighted by molar-refractivity contribution is -0.142. The molecule has 1 unspecified atom stereocenters. The van der Waals surface area contributed by atoms with Crippen molar-refractivity contribution in [1.82, 2.24) is 9.62 Å². The van der Waals surface area contributed by atoms with Crippen molar-refractivity contribution in [2.45, 2.75) is 44.6 Å². The van der Waals surface area contributed by atoms with Crippen LogP contribution in [0.25, 0.3) is 0 Å². The number of likely N-dealkylation sites (tertiary alicyclic amines) is 1. The minimum atomic E-state index is -3.12. The number of amides is 1. The number of hydrogen-bond acceptors (Lipinski definition) is 4. The average molecular weight is 395 g/mol. The second kappa shape index (κ2) is 9.17. The first kappa shape index (κ1) is 20.3. The highest BCUT2D eigenvalue weighted by Gasteiger charge is 2.30. The zero-order valence-electron chi connectivity index (χ0n) is 16.0. The normalized spacial score (nSPS) is 21.5. The van der Waals surface area contributed by atoms with Gasteiger partial charge in [-0.1, -0.05) is 24.3 Å². The number of benzene rings is 1. The van der Waals surface area contributed by atoms with Crippen LogP contribution in [0.5, 0.6) is 0 Å². The van der Waals surface area contributed by atoms with Crippen molar-refractivity contribution in [3.63, 3.8) is 0 Å². The first-order valence-corrected chi connectivity index (χ1v) is 11.7. The summed E-state index contributed by atoms with van der Waals surface area (Å²) in [6, 6.07) is 8.43. The molecule has 0 radical (unpaired) electrons. The SMILES string of the molecule is CS(=O)(=O)NCCc1ccc(CC2CCN(C(=O)C3CCCO3)CC2)cc1. The molecular weight excluding hydrogens is 364 g/mol. The van der Waals surface area contributed by atoms with Crippen LogP contribution in [0.2, 0.25) is 0 Å². The quantitative estimate of drug-likeness (QED) is 0.764. The molecule has 6 nitrogen and oxygen atoms in total. The molecule has 2 saturated heterocycles. The van der Waals surface area contributed by atoms with Crippen molar-refractivity contribution >= 4 is 15.9 Å². The molecule has 2 fully saturated rings.